The first kappa shape index (κ1) is 16.5. The van der Waals surface area contributed by atoms with Crippen molar-refractivity contribution in [3.63, 3.8) is 0 Å². The summed E-state index contributed by atoms with van der Waals surface area (Å²) in [5, 5.41) is 18.3. The fraction of sp³-hybridized carbons (Fsp3) is 0.538. The van der Waals surface area contributed by atoms with Crippen molar-refractivity contribution < 1.29 is 24.9 Å². The van der Waals surface area contributed by atoms with Crippen molar-refractivity contribution in [1.82, 2.24) is 0 Å². The topological polar surface area (TPSA) is 101 Å². The normalized spacial score (nSPS) is 16.7. The Kier molecular flexibility index (Phi) is 4.42. The Morgan fingerprint density at radius 2 is 1.53 bits per heavy atom. The van der Waals surface area contributed by atoms with E-state index in [1.165, 1.54) is 12.1 Å². The molecular weight excluding hydrogens is 267 g/mol. The Balaban J connectivity index is 3.15. The van der Waals surface area contributed by atoms with E-state index in [-0.39, 0.29) is 17.1 Å². The van der Waals surface area contributed by atoms with Crippen LogP contribution in [0, 0.1) is 0 Å². The van der Waals surface area contributed by atoms with Crippen LogP contribution in [0.5, 0.6) is 0 Å². The summed E-state index contributed by atoms with van der Waals surface area (Å²) in [6, 6.07) is 6.17. The Morgan fingerprint density at radius 1 is 1.05 bits per heavy atom. The molecule has 0 aliphatic heterocycles. The molecule has 0 aliphatic rings. The van der Waals surface area contributed by atoms with Gasteiger partial charge in [0.05, 0.1) is 0 Å². The standard InChI is InChI=1S/C13H23O5P/c1-13(2,3)10-4-6-11(7-5-10)19(16,17,18)12(15)8-9-14/h4-7,12,14-18H,8-9H2,1-3H3. The quantitative estimate of drug-likeness (QED) is 0.522. The van der Waals surface area contributed by atoms with Crippen molar-refractivity contribution in [3.8, 4) is 0 Å². The molecule has 19 heavy (non-hydrogen) atoms. The van der Waals surface area contributed by atoms with Crippen molar-refractivity contribution in [3.05, 3.63) is 29.8 Å². The molecule has 0 aliphatic carbocycles. The van der Waals surface area contributed by atoms with Gasteiger partial charge in [-0.1, -0.05) is 0 Å². The SMILES string of the molecule is CC(C)(C)c1ccc(P(O)(O)(O)C(O)CCO)cc1. The second-order valence-corrected chi connectivity index (χ2v) is 9.03. The van der Waals surface area contributed by atoms with Gasteiger partial charge in [0.1, 0.15) is 0 Å². The van der Waals surface area contributed by atoms with Gasteiger partial charge in [0.25, 0.3) is 0 Å². The average molecular weight is 290 g/mol. The molecule has 5 N–H and O–H groups in total. The van der Waals surface area contributed by atoms with Gasteiger partial charge in [-0.25, -0.2) is 0 Å². The number of rotatable bonds is 4. The number of hydrogen-bond donors (Lipinski definition) is 5. The summed E-state index contributed by atoms with van der Waals surface area (Å²) in [6.07, 6.45) is -0.303. The first-order valence-electron chi connectivity index (χ1n) is 6.14. The molecule has 1 unspecified atom stereocenters. The molecular formula is C13H23O5P. The third kappa shape index (κ3) is 3.51. The molecule has 1 aromatic rings. The second kappa shape index (κ2) is 5.09. The molecule has 1 aromatic carbocycles. The predicted molar refractivity (Wildman–Crippen MR) is 76.1 cm³/mol. The van der Waals surface area contributed by atoms with Gasteiger partial charge in [-0.2, -0.15) is 0 Å². The molecule has 0 saturated heterocycles. The summed E-state index contributed by atoms with van der Waals surface area (Å²) in [5.41, 5.74) is 0.874. The summed E-state index contributed by atoms with van der Waals surface area (Å²) in [6.45, 7) is 5.60. The molecule has 0 aromatic heterocycles. The van der Waals surface area contributed by atoms with Crippen LogP contribution in [0.15, 0.2) is 24.3 Å². The van der Waals surface area contributed by atoms with Crippen LogP contribution in [-0.2, 0) is 5.41 Å². The minimum atomic E-state index is -5.37. The van der Waals surface area contributed by atoms with Crippen LogP contribution in [0.1, 0.15) is 32.8 Å². The maximum absolute atomic E-state index is 10.0. The fourth-order valence-electron chi connectivity index (χ4n) is 1.77. The molecule has 0 heterocycles. The van der Waals surface area contributed by atoms with Crippen LogP contribution in [0.2, 0.25) is 0 Å². The maximum atomic E-state index is 10.0. The third-order valence-electron chi connectivity index (χ3n) is 3.17. The van der Waals surface area contributed by atoms with Crippen LogP contribution in [0.25, 0.3) is 0 Å². The van der Waals surface area contributed by atoms with Gasteiger partial charge in [-0.3, -0.25) is 0 Å². The van der Waals surface area contributed by atoms with Crippen LogP contribution in [0.3, 0.4) is 0 Å². The Morgan fingerprint density at radius 3 is 1.89 bits per heavy atom. The van der Waals surface area contributed by atoms with E-state index in [1.807, 2.05) is 20.8 Å². The monoisotopic (exact) mass is 290 g/mol. The summed E-state index contributed by atoms with van der Waals surface area (Å²) in [5.74, 6) is -1.78. The molecule has 6 heteroatoms. The second-order valence-electron chi connectivity index (χ2n) is 5.83. The van der Waals surface area contributed by atoms with E-state index in [4.69, 9.17) is 5.11 Å². The van der Waals surface area contributed by atoms with Crippen molar-refractivity contribution in [2.45, 2.75) is 38.5 Å². The Labute approximate surface area is 113 Å². The Hall–Kier alpha value is -0.550. The first-order valence-corrected chi connectivity index (χ1v) is 8.30. The zero-order chi connectivity index (χ0) is 14.9. The molecule has 5 nitrogen and oxygen atoms in total. The van der Waals surface area contributed by atoms with Crippen molar-refractivity contribution in [1.29, 1.82) is 0 Å². The van der Waals surface area contributed by atoms with E-state index < -0.39 is 19.7 Å². The van der Waals surface area contributed by atoms with Gasteiger partial charge < -0.3 is 0 Å². The van der Waals surface area contributed by atoms with E-state index in [1.54, 1.807) is 12.1 Å². The Bertz CT molecular complexity index is 427. The van der Waals surface area contributed by atoms with Crippen LogP contribution in [-0.4, -0.2) is 37.3 Å². The number of aliphatic hydroxyl groups is 2. The van der Waals surface area contributed by atoms with Gasteiger partial charge in [-0.05, 0) is 0 Å². The van der Waals surface area contributed by atoms with Gasteiger partial charge in [0.2, 0.25) is 0 Å². The summed E-state index contributed by atoms with van der Waals surface area (Å²) in [7, 11) is -5.37. The number of aliphatic hydroxyl groups excluding tert-OH is 2. The zero-order valence-electron chi connectivity index (χ0n) is 11.5. The minimum absolute atomic E-state index is 0.0982. The molecule has 1 rings (SSSR count). The average Bonchev–Trinajstić information content (AvgIpc) is 2.28. The van der Waals surface area contributed by atoms with Crippen LogP contribution in [0.4, 0.5) is 0 Å². The summed E-state index contributed by atoms with van der Waals surface area (Å²) in [4.78, 5) is 30.1. The van der Waals surface area contributed by atoms with Crippen molar-refractivity contribution in [2.75, 3.05) is 6.61 Å². The van der Waals surface area contributed by atoms with E-state index in [2.05, 4.69) is 0 Å². The van der Waals surface area contributed by atoms with Gasteiger partial charge in [0.15, 0.2) is 0 Å². The molecule has 110 valence electrons. The van der Waals surface area contributed by atoms with E-state index in [0.717, 1.165) is 5.56 Å². The number of benzene rings is 1. The van der Waals surface area contributed by atoms with Crippen molar-refractivity contribution in [2.24, 2.45) is 0 Å². The molecule has 0 saturated carbocycles. The van der Waals surface area contributed by atoms with E-state index >= 15 is 0 Å². The zero-order valence-corrected chi connectivity index (χ0v) is 12.4. The van der Waals surface area contributed by atoms with E-state index in [9.17, 15) is 19.8 Å². The first-order chi connectivity index (χ1) is 8.47. The van der Waals surface area contributed by atoms with Crippen molar-refractivity contribution >= 4 is 12.6 Å². The predicted octanol–water partition coefficient (Wildman–Crippen LogP) is 0.585. The van der Waals surface area contributed by atoms with Crippen LogP contribution >= 0.6 is 7.28 Å². The molecule has 0 radical (unpaired) electrons. The molecule has 0 fully saturated rings. The molecule has 0 bridgehead atoms. The summed E-state index contributed by atoms with van der Waals surface area (Å²) < 4.78 is 0. The van der Waals surface area contributed by atoms with Gasteiger partial charge in [0, 0.05) is 0 Å². The third-order valence-corrected chi connectivity index (χ3v) is 5.81. The van der Waals surface area contributed by atoms with Gasteiger partial charge in [-0.15, -0.1) is 0 Å². The van der Waals surface area contributed by atoms with E-state index in [0.29, 0.717) is 0 Å². The van der Waals surface area contributed by atoms with Crippen LogP contribution < -0.4 is 5.30 Å². The summed E-state index contributed by atoms with van der Waals surface area (Å²) >= 11 is 0. The fourth-order valence-corrected chi connectivity index (χ4v) is 3.43. The molecule has 1 atom stereocenters. The van der Waals surface area contributed by atoms with Gasteiger partial charge >= 0.3 is 112 Å². The molecule has 0 spiro atoms. The molecule has 0 amide bonds. The number of hydrogen-bond acceptors (Lipinski definition) is 5.